The molecule has 20 heavy (non-hydrogen) atoms. The van der Waals surface area contributed by atoms with Crippen molar-refractivity contribution in [3.05, 3.63) is 63.6 Å². The Kier molecular flexibility index (Phi) is 5.21. The van der Waals surface area contributed by atoms with Gasteiger partial charge in [0.05, 0.1) is 13.2 Å². The quantitative estimate of drug-likeness (QED) is 0.876. The summed E-state index contributed by atoms with van der Waals surface area (Å²) < 4.78 is 6.29. The van der Waals surface area contributed by atoms with E-state index in [-0.39, 0.29) is 6.04 Å². The van der Waals surface area contributed by atoms with Gasteiger partial charge in [0.15, 0.2) is 0 Å². The zero-order chi connectivity index (χ0) is 14.5. The predicted octanol–water partition coefficient (Wildman–Crippen LogP) is 4.46. The Hall–Kier alpha value is -1.32. The highest BCUT2D eigenvalue weighted by Crippen LogP contribution is 2.30. The lowest BCUT2D eigenvalue weighted by Crippen LogP contribution is -2.13. The maximum absolute atomic E-state index is 6.42. The molecule has 0 aliphatic rings. The number of rotatable bonds is 5. The second kappa shape index (κ2) is 6.91. The largest absolute Gasteiger partial charge is 0.497 e. The molecule has 0 aliphatic heterocycles. The third-order valence-electron chi connectivity index (χ3n) is 3.39. The Bertz CT molecular complexity index is 583. The van der Waals surface area contributed by atoms with Crippen molar-refractivity contribution in [2.24, 2.45) is 5.73 Å². The molecule has 0 saturated heterocycles. The maximum atomic E-state index is 6.42. The molecule has 0 saturated carbocycles. The van der Waals surface area contributed by atoms with E-state index in [0.29, 0.717) is 0 Å². The molecule has 0 radical (unpaired) electrons. The Balaban J connectivity index is 2.35. The second-order valence-corrected chi connectivity index (χ2v) is 5.71. The number of hydrogen-bond acceptors (Lipinski definition) is 2. The third kappa shape index (κ3) is 3.41. The lowest BCUT2D eigenvalue weighted by atomic mass is 9.97. The van der Waals surface area contributed by atoms with E-state index in [2.05, 4.69) is 47.1 Å². The topological polar surface area (TPSA) is 35.2 Å². The van der Waals surface area contributed by atoms with Gasteiger partial charge in [-0.05, 0) is 41.3 Å². The summed E-state index contributed by atoms with van der Waals surface area (Å²) in [6.07, 6.45) is 2.22. The molecule has 2 aromatic rings. The lowest BCUT2D eigenvalue weighted by Gasteiger charge is -2.16. The van der Waals surface area contributed by atoms with Gasteiger partial charge in [0.2, 0.25) is 0 Å². The summed E-state index contributed by atoms with van der Waals surface area (Å²) in [6.45, 7) is 2.19. The number of hydrogen-bond donors (Lipinski definition) is 1. The molecule has 106 valence electrons. The van der Waals surface area contributed by atoms with Crippen molar-refractivity contribution in [1.82, 2.24) is 0 Å². The van der Waals surface area contributed by atoms with Gasteiger partial charge in [0.25, 0.3) is 0 Å². The Labute approximate surface area is 129 Å². The van der Waals surface area contributed by atoms with Crippen LogP contribution in [0.25, 0.3) is 0 Å². The fourth-order valence-electron chi connectivity index (χ4n) is 2.30. The monoisotopic (exact) mass is 333 g/mol. The summed E-state index contributed by atoms with van der Waals surface area (Å²) in [5, 5.41) is 0. The molecule has 0 fully saturated rings. The van der Waals surface area contributed by atoms with Crippen molar-refractivity contribution in [2.45, 2.75) is 25.8 Å². The fourth-order valence-corrected chi connectivity index (χ4v) is 2.79. The van der Waals surface area contributed by atoms with E-state index in [9.17, 15) is 0 Å². The average Bonchev–Trinajstić information content (AvgIpc) is 2.48. The van der Waals surface area contributed by atoms with Gasteiger partial charge in [-0.1, -0.05) is 53.5 Å². The molecule has 2 rings (SSSR count). The number of halogens is 1. The van der Waals surface area contributed by atoms with E-state index in [4.69, 9.17) is 10.5 Å². The summed E-state index contributed by atoms with van der Waals surface area (Å²) >= 11 is 3.57. The van der Waals surface area contributed by atoms with Crippen LogP contribution in [0.4, 0.5) is 0 Å². The van der Waals surface area contributed by atoms with E-state index >= 15 is 0 Å². The first-order chi connectivity index (χ1) is 9.65. The van der Waals surface area contributed by atoms with Crippen LogP contribution in [-0.2, 0) is 6.42 Å². The van der Waals surface area contributed by atoms with Crippen LogP contribution in [0, 0.1) is 0 Å². The van der Waals surface area contributed by atoms with Crippen molar-refractivity contribution in [3.63, 3.8) is 0 Å². The van der Waals surface area contributed by atoms with Crippen molar-refractivity contribution >= 4 is 15.9 Å². The third-order valence-corrected chi connectivity index (χ3v) is 4.11. The summed E-state index contributed by atoms with van der Waals surface area (Å²) in [5.74, 6) is 0.823. The Morgan fingerprint density at radius 3 is 2.70 bits per heavy atom. The average molecular weight is 334 g/mol. The van der Waals surface area contributed by atoms with Crippen molar-refractivity contribution in [2.75, 3.05) is 7.11 Å². The van der Waals surface area contributed by atoms with Gasteiger partial charge in [0.1, 0.15) is 5.75 Å². The van der Waals surface area contributed by atoms with Crippen LogP contribution in [0.2, 0.25) is 0 Å². The number of ether oxygens (including phenoxy) is 1. The van der Waals surface area contributed by atoms with E-state index in [1.54, 1.807) is 7.11 Å². The summed E-state index contributed by atoms with van der Waals surface area (Å²) in [4.78, 5) is 0. The van der Waals surface area contributed by atoms with Crippen LogP contribution in [0.15, 0.2) is 46.9 Å². The molecule has 0 heterocycles. The first-order valence-electron chi connectivity index (χ1n) is 6.83. The normalized spacial score (nSPS) is 12.2. The molecule has 1 unspecified atom stereocenters. The van der Waals surface area contributed by atoms with Crippen LogP contribution < -0.4 is 10.5 Å². The maximum Gasteiger partial charge on any atom is 0.119 e. The van der Waals surface area contributed by atoms with Crippen molar-refractivity contribution in [1.29, 1.82) is 0 Å². The van der Waals surface area contributed by atoms with Gasteiger partial charge in [-0.3, -0.25) is 0 Å². The number of benzene rings is 2. The molecule has 2 nitrogen and oxygen atoms in total. The highest BCUT2D eigenvalue weighted by atomic mass is 79.9. The molecule has 1 atom stereocenters. The van der Waals surface area contributed by atoms with Gasteiger partial charge in [-0.25, -0.2) is 0 Å². The van der Waals surface area contributed by atoms with Crippen LogP contribution in [0.5, 0.6) is 5.75 Å². The minimum absolute atomic E-state index is 0.156. The van der Waals surface area contributed by atoms with Crippen molar-refractivity contribution < 1.29 is 4.74 Å². The SMILES string of the molecule is CCCc1cccc(C(N)c2cc(OC)ccc2Br)c1. The first-order valence-corrected chi connectivity index (χ1v) is 7.63. The fraction of sp³-hybridized carbons (Fsp3) is 0.294. The molecule has 2 aromatic carbocycles. The van der Waals surface area contributed by atoms with E-state index in [0.717, 1.165) is 34.2 Å². The molecular formula is C17H20BrNO. The first kappa shape index (κ1) is 15.1. The highest BCUT2D eigenvalue weighted by molar-refractivity contribution is 9.10. The van der Waals surface area contributed by atoms with E-state index in [1.807, 2.05) is 18.2 Å². The van der Waals surface area contributed by atoms with E-state index < -0.39 is 0 Å². The predicted molar refractivity (Wildman–Crippen MR) is 87.2 cm³/mol. The van der Waals surface area contributed by atoms with E-state index in [1.165, 1.54) is 5.56 Å². The lowest BCUT2D eigenvalue weighted by molar-refractivity contribution is 0.414. The smallest absolute Gasteiger partial charge is 0.119 e. The summed E-state index contributed by atoms with van der Waals surface area (Å²) in [5.41, 5.74) is 9.92. The van der Waals surface area contributed by atoms with Gasteiger partial charge >= 0.3 is 0 Å². The molecule has 0 amide bonds. The van der Waals surface area contributed by atoms with Crippen LogP contribution >= 0.6 is 15.9 Å². The molecule has 2 N–H and O–H groups in total. The van der Waals surface area contributed by atoms with Gasteiger partial charge in [-0.2, -0.15) is 0 Å². The molecule has 3 heteroatoms. The minimum atomic E-state index is -0.156. The standard InChI is InChI=1S/C17H20BrNO/c1-3-5-12-6-4-7-13(10-12)17(19)15-11-14(20-2)8-9-16(15)18/h4,6-11,17H,3,5,19H2,1-2H3. The van der Waals surface area contributed by atoms with Crippen LogP contribution in [0.3, 0.4) is 0 Å². The Morgan fingerprint density at radius 2 is 2.00 bits per heavy atom. The van der Waals surface area contributed by atoms with Gasteiger partial charge < -0.3 is 10.5 Å². The van der Waals surface area contributed by atoms with Crippen LogP contribution in [0.1, 0.15) is 36.1 Å². The summed E-state index contributed by atoms with van der Waals surface area (Å²) in [7, 11) is 1.67. The zero-order valence-corrected chi connectivity index (χ0v) is 13.5. The van der Waals surface area contributed by atoms with Gasteiger partial charge in [-0.15, -0.1) is 0 Å². The molecule has 0 aliphatic carbocycles. The molecule has 0 bridgehead atoms. The number of nitrogens with two attached hydrogens (primary N) is 1. The minimum Gasteiger partial charge on any atom is -0.497 e. The second-order valence-electron chi connectivity index (χ2n) is 4.86. The zero-order valence-electron chi connectivity index (χ0n) is 11.9. The van der Waals surface area contributed by atoms with Crippen LogP contribution in [-0.4, -0.2) is 7.11 Å². The molecule has 0 aromatic heterocycles. The van der Waals surface area contributed by atoms with Gasteiger partial charge in [0, 0.05) is 4.47 Å². The number of methoxy groups -OCH3 is 1. The Morgan fingerprint density at radius 1 is 1.20 bits per heavy atom. The summed E-state index contributed by atoms with van der Waals surface area (Å²) in [6, 6.07) is 14.2. The van der Waals surface area contributed by atoms with Crippen molar-refractivity contribution in [3.8, 4) is 5.75 Å². The molecular weight excluding hydrogens is 314 g/mol. The highest BCUT2D eigenvalue weighted by Gasteiger charge is 2.13. The molecule has 0 spiro atoms. The number of aryl methyl sites for hydroxylation is 1.